The van der Waals surface area contributed by atoms with E-state index >= 15 is 0 Å². The molecule has 0 aliphatic carbocycles. The number of halogens is 1. The average Bonchev–Trinajstić information content (AvgIpc) is 2.67. The lowest BCUT2D eigenvalue weighted by molar-refractivity contribution is -0.937. The van der Waals surface area contributed by atoms with Crippen molar-refractivity contribution in [3.63, 3.8) is 0 Å². The number of ether oxygens (including phenoxy) is 1. The molecule has 2 aromatic rings. The SMILES string of the molecule is Cc1ccc(C)c(NC(=S)NC[C@@H](c2ccc(F)cc2)[NH+]2CCOCC2)c1. The predicted molar refractivity (Wildman–Crippen MR) is 111 cm³/mol. The Balaban J connectivity index is 1.67. The minimum atomic E-state index is -0.213. The number of thiocarbonyl (C=S) groups is 1. The van der Waals surface area contributed by atoms with Gasteiger partial charge in [0.2, 0.25) is 0 Å². The second-order valence-electron chi connectivity index (χ2n) is 7.03. The molecule has 4 nitrogen and oxygen atoms in total. The second kappa shape index (κ2) is 9.26. The molecule has 0 radical (unpaired) electrons. The van der Waals surface area contributed by atoms with Crippen LogP contribution in [0.5, 0.6) is 0 Å². The first-order valence-electron chi connectivity index (χ1n) is 9.33. The number of nitrogens with one attached hydrogen (secondary N) is 3. The van der Waals surface area contributed by atoms with Gasteiger partial charge in [0.05, 0.1) is 19.8 Å². The molecule has 0 aromatic heterocycles. The van der Waals surface area contributed by atoms with Crippen LogP contribution < -0.4 is 15.5 Å². The van der Waals surface area contributed by atoms with Gasteiger partial charge in [-0.05, 0) is 55.4 Å². The van der Waals surface area contributed by atoms with Crippen LogP contribution in [0.3, 0.4) is 0 Å². The van der Waals surface area contributed by atoms with Crippen molar-refractivity contribution >= 4 is 23.0 Å². The quantitative estimate of drug-likeness (QED) is 0.688. The van der Waals surface area contributed by atoms with E-state index in [0.717, 1.165) is 43.1 Å². The summed E-state index contributed by atoms with van der Waals surface area (Å²) in [5, 5.41) is 7.25. The predicted octanol–water partition coefficient (Wildman–Crippen LogP) is 2.39. The number of morpholine rings is 1. The van der Waals surface area contributed by atoms with E-state index in [4.69, 9.17) is 17.0 Å². The highest BCUT2D eigenvalue weighted by molar-refractivity contribution is 7.80. The summed E-state index contributed by atoms with van der Waals surface area (Å²) < 4.78 is 18.8. The summed E-state index contributed by atoms with van der Waals surface area (Å²) in [4.78, 5) is 1.43. The summed E-state index contributed by atoms with van der Waals surface area (Å²) in [6, 6.07) is 13.2. The third-order valence-electron chi connectivity index (χ3n) is 5.01. The molecule has 0 spiro atoms. The lowest BCUT2D eigenvalue weighted by Gasteiger charge is -2.32. The Bertz CT molecular complexity index is 775. The Hall–Kier alpha value is -2.02. The van der Waals surface area contributed by atoms with Gasteiger partial charge in [0, 0.05) is 11.3 Å². The molecule has 27 heavy (non-hydrogen) atoms. The van der Waals surface area contributed by atoms with Crippen molar-refractivity contribution in [3.8, 4) is 0 Å². The summed E-state index contributed by atoms with van der Waals surface area (Å²) in [5.74, 6) is -0.213. The smallest absolute Gasteiger partial charge is 0.171 e. The van der Waals surface area contributed by atoms with E-state index in [1.165, 1.54) is 22.6 Å². The lowest BCUT2D eigenvalue weighted by Crippen LogP contribution is -3.15. The van der Waals surface area contributed by atoms with E-state index in [9.17, 15) is 4.39 Å². The molecule has 1 aliphatic heterocycles. The standard InChI is InChI=1S/C21H26FN3OS/c1-15-3-4-16(2)19(13-15)24-21(27)23-14-20(25-9-11-26-12-10-25)17-5-7-18(22)8-6-17/h3-8,13,20H,9-12,14H2,1-2H3,(H2,23,24,27)/p+1/t20-/m0/s1. The van der Waals surface area contributed by atoms with Crippen LogP contribution in [0.2, 0.25) is 0 Å². The van der Waals surface area contributed by atoms with Crippen molar-refractivity contribution in [2.75, 3.05) is 38.2 Å². The first-order chi connectivity index (χ1) is 13.0. The van der Waals surface area contributed by atoms with E-state index in [1.54, 1.807) is 0 Å². The number of aryl methyl sites for hydroxylation is 2. The number of hydrogen-bond acceptors (Lipinski definition) is 2. The molecular formula is C21H27FN3OS+. The third kappa shape index (κ3) is 5.48. The fourth-order valence-corrected chi connectivity index (χ4v) is 3.60. The minimum absolute atomic E-state index is 0.188. The van der Waals surface area contributed by atoms with E-state index < -0.39 is 0 Å². The number of anilines is 1. The lowest BCUT2D eigenvalue weighted by atomic mass is 10.0. The van der Waals surface area contributed by atoms with E-state index in [2.05, 4.69) is 42.7 Å². The molecule has 1 aliphatic rings. The number of benzene rings is 2. The van der Waals surface area contributed by atoms with Gasteiger partial charge in [-0.25, -0.2) is 4.39 Å². The minimum Gasteiger partial charge on any atom is -0.370 e. The Labute approximate surface area is 165 Å². The van der Waals surface area contributed by atoms with Crippen LogP contribution in [0.1, 0.15) is 22.7 Å². The molecule has 6 heteroatoms. The maximum absolute atomic E-state index is 13.3. The molecule has 0 amide bonds. The van der Waals surface area contributed by atoms with Crippen molar-refractivity contribution in [2.24, 2.45) is 0 Å². The van der Waals surface area contributed by atoms with Crippen LogP contribution in [0.25, 0.3) is 0 Å². The largest absolute Gasteiger partial charge is 0.370 e. The molecule has 0 bridgehead atoms. The molecule has 1 fully saturated rings. The second-order valence-corrected chi connectivity index (χ2v) is 7.44. The zero-order chi connectivity index (χ0) is 19.2. The Morgan fingerprint density at radius 3 is 2.56 bits per heavy atom. The number of hydrogen-bond donors (Lipinski definition) is 3. The highest BCUT2D eigenvalue weighted by atomic mass is 32.1. The summed E-state index contributed by atoms with van der Waals surface area (Å²) >= 11 is 5.51. The van der Waals surface area contributed by atoms with Crippen LogP contribution in [0.4, 0.5) is 10.1 Å². The van der Waals surface area contributed by atoms with Crippen molar-refractivity contribution in [1.29, 1.82) is 0 Å². The maximum Gasteiger partial charge on any atom is 0.171 e. The van der Waals surface area contributed by atoms with Gasteiger partial charge in [-0.2, -0.15) is 0 Å². The summed E-state index contributed by atoms with van der Waals surface area (Å²) in [6.45, 7) is 8.16. The van der Waals surface area contributed by atoms with Gasteiger partial charge in [0.15, 0.2) is 5.11 Å². The normalized spacial score (nSPS) is 16.0. The van der Waals surface area contributed by atoms with Crippen molar-refractivity contribution in [1.82, 2.24) is 5.32 Å². The summed E-state index contributed by atoms with van der Waals surface area (Å²) in [5.41, 5.74) is 4.46. The molecule has 1 saturated heterocycles. The molecule has 3 rings (SSSR count). The fourth-order valence-electron chi connectivity index (χ4n) is 3.41. The van der Waals surface area contributed by atoms with Crippen LogP contribution in [-0.4, -0.2) is 38.0 Å². The van der Waals surface area contributed by atoms with Gasteiger partial charge in [0.1, 0.15) is 24.9 Å². The first-order valence-corrected chi connectivity index (χ1v) is 9.73. The van der Waals surface area contributed by atoms with Crippen LogP contribution in [0.15, 0.2) is 42.5 Å². The molecule has 144 valence electrons. The van der Waals surface area contributed by atoms with Crippen LogP contribution in [0, 0.1) is 19.7 Å². The monoisotopic (exact) mass is 388 g/mol. The molecule has 2 aromatic carbocycles. The third-order valence-corrected chi connectivity index (χ3v) is 5.25. The number of quaternary nitrogens is 1. The van der Waals surface area contributed by atoms with E-state index in [0.29, 0.717) is 11.7 Å². The van der Waals surface area contributed by atoms with E-state index in [1.807, 2.05) is 12.1 Å². The van der Waals surface area contributed by atoms with Gasteiger partial charge >= 0.3 is 0 Å². The summed E-state index contributed by atoms with van der Waals surface area (Å²) in [7, 11) is 0. The molecular weight excluding hydrogens is 361 g/mol. The highest BCUT2D eigenvalue weighted by Crippen LogP contribution is 2.16. The Morgan fingerprint density at radius 1 is 1.15 bits per heavy atom. The Kier molecular flexibility index (Phi) is 6.77. The average molecular weight is 389 g/mol. The van der Waals surface area contributed by atoms with Crippen molar-refractivity contribution in [2.45, 2.75) is 19.9 Å². The van der Waals surface area contributed by atoms with Gasteiger partial charge in [-0.15, -0.1) is 0 Å². The molecule has 1 atom stereocenters. The van der Waals surface area contributed by atoms with Crippen LogP contribution >= 0.6 is 12.2 Å². The fraction of sp³-hybridized carbons (Fsp3) is 0.381. The van der Waals surface area contributed by atoms with Crippen molar-refractivity contribution < 1.29 is 14.0 Å². The van der Waals surface area contributed by atoms with Gasteiger partial charge in [0.25, 0.3) is 0 Å². The zero-order valence-electron chi connectivity index (χ0n) is 15.8. The van der Waals surface area contributed by atoms with Gasteiger partial charge < -0.3 is 20.3 Å². The molecule has 1 heterocycles. The van der Waals surface area contributed by atoms with E-state index in [-0.39, 0.29) is 11.9 Å². The van der Waals surface area contributed by atoms with Gasteiger partial charge in [-0.1, -0.05) is 24.3 Å². The maximum atomic E-state index is 13.3. The summed E-state index contributed by atoms with van der Waals surface area (Å²) in [6.07, 6.45) is 0. The highest BCUT2D eigenvalue weighted by Gasteiger charge is 2.26. The Morgan fingerprint density at radius 2 is 1.85 bits per heavy atom. The zero-order valence-corrected chi connectivity index (χ0v) is 16.7. The topological polar surface area (TPSA) is 37.7 Å². The van der Waals surface area contributed by atoms with Crippen molar-refractivity contribution in [3.05, 3.63) is 65.0 Å². The molecule has 0 unspecified atom stereocenters. The molecule has 0 saturated carbocycles. The van der Waals surface area contributed by atoms with Gasteiger partial charge in [-0.3, -0.25) is 0 Å². The first kappa shape index (κ1) is 19.7. The number of rotatable bonds is 5. The van der Waals surface area contributed by atoms with Crippen LogP contribution in [-0.2, 0) is 4.74 Å². The molecule has 3 N–H and O–H groups in total.